The quantitative estimate of drug-likeness (QED) is 0.0762. The topological polar surface area (TPSA) is 114 Å². The number of hydrogen-bond donors (Lipinski definition) is 0. The van der Waals surface area contributed by atoms with E-state index in [0.717, 1.165) is 29.2 Å². The summed E-state index contributed by atoms with van der Waals surface area (Å²) in [4.78, 5) is 0. The zero-order valence-electron chi connectivity index (χ0n) is 32.3. The molecule has 0 saturated carbocycles. The van der Waals surface area contributed by atoms with Gasteiger partial charge in [0, 0.05) is 0 Å². The fourth-order valence-corrected chi connectivity index (χ4v) is 8.87. The Kier molecular flexibility index (Phi) is 13.9. The van der Waals surface area contributed by atoms with Gasteiger partial charge >= 0.3 is 0 Å². The van der Waals surface area contributed by atoms with Crippen molar-refractivity contribution in [2.45, 2.75) is 102 Å². The maximum absolute atomic E-state index is 13.1. The van der Waals surface area contributed by atoms with E-state index >= 15 is 0 Å². The zero-order valence-corrected chi connectivity index (χ0v) is 35.9. The zero-order chi connectivity index (χ0) is 38.5. The Morgan fingerprint density at radius 1 is 0.549 bits per heavy atom. The van der Waals surface area contributed by atoms with Crippen molar-refractivity contribution in [3.8, 4) is 0 Å². The van der Waals surface area contributed by atoms with Gasteiger partial charge in [0.1, 0.15) is 17.8 Å². The van der Waals surface area contributed by atoms with Crippen LogP contribution >= 0.6 is 0 Å². The molecule has 0 radical (unpaired) electrons. The smallest absolute Gasteiger partial charge is 0.264 e. The Bertz CT molecular complexity index is 1660. The highest BCUT2D eigenvalue weighted by Crippen LogP contribution is 2.44. The molecule has 0 bridgehead atoms. The van der Waals surface area contributed by atoms with Crippen LogP contribution in [0.15, 0.2) is 91.0 Å². The molecule has 0 aromatic heterocycles. The molecule has 3 aromatic rings. The van der Waals surface area contributed by atoms with Crippen molar-refractivity contribution in [3.05, 3.63) is 108 Å². The van der Waals surface area contributed by atoms with E-state index in [-0.39, 0.29) is 16.7 Å². The predicted molar refractivity (Wildman–Crippen MR) is 210 cm³/mol. The first-order valence-corrected chi connectivity index (χ1v) is 26.6. The summed E-state index contributed by atoms with van der Waals surface area (Å²) in [6.07, 6.45) is -1.47. The van der Waals surface area contributed by atoms with Crippen LogP contribution in [0.3, 0.4) is 0 Å². The van der Waals surface area contributed by atoms with Crippen molar-refractivity contribution in [1.29, 1.82) is 0 Å². The van der Waals surface area contributed by atoms with Crippen LogP contribution in [-0.4, -0.2) is 77.5 Å². The first-order valence-electron chi connectivity index (χ1n) is 17.2. The molecule has 3 rings (SSSR count). The molecule has 0 aliphatic heterocycles. The lowest BCUT2D eigenvalue weighted by Crippen LogP contribution is -2.58. The standard InChI is InChI=1S/C38H58O9S2Si2/c1-36(2,3)50(9,10)46-34(29-44-48(7,39)40)35(47-51(11,12)37(4,5)6)33(45-49(8,41)42)28-43-38(30-22-16-13-17-23-30,31-24-18-14-19-25-31)32-26-20-15-21-27-32/h13-27,33-35H,28-29H2,1-12H3/t33-,34+,35-/m1/s1. The second-order valence-corrected chi connectivity index (χ2v) is 28.9. The maximum atomic E-state index is 13.1. The summed E-state index contributed by atoms with van der Waals surface area (Å²) in [6, 6.07) is 29.2. The molecule has 0 fully saturated rings. The minimum absolute atomic E-state index is 0.277. The molecule has 0 aliphatic carbocycles. The third-order valence-corrected chi connectivity index (χ3v) is 20.1. The summed E-state index contributed by atoms with van der Waals surface area (Å²) in [5.41, 5.74) is 1.24. The first-order chi connectivity index (χ1) is 23.3. The lowest BCUT2D eigenvalue weighted by molar-refractivity contribution is -0.0965. The molecule has 0 unspecified atom stereocenters. The average molecular weight is 779 g/mol. The second kappa shape index (κ2) is 16.4. The minimum atomic E-state index is -4.12. The van der Waals surface area contributed by atoms with E-state index in [4.69, 9.17) is 22.0 Å². The van der Waals surface area contributed by atoms with Crippen LogP contribution in [0.4, 0.5) is 0 Å². The largest absolute Gasteiger partial charge is 0.409 e. The van der Waals surface area contributed by atoms with Gasteiger partial charge in [0.15, 0.2) is 16.6 Å². The van der Waals surface area contributed by atoms with Crippen LogP contribution in [0.25, 0.3) is 0 Å². The van der Waals surface area contributed by atoms with Gasteiger partial charge < -0.3 is 13.6 Å². The van der Waals surface area contributed by atoms with Crippen molar-refractivity contribution in [2.24, 2.45) is 0 Å². The molecule has 51 heavy (non-hydrogen) atoms. The number of rotatable bonds is 17. The second-order valence-electron chi connectivity index (χ2n) is 16.2. The van der Waals surface area contributed by atoms with Crippen LogP contribution in [-0.2, 0) is 47.8 Å². The molecule has 9 nitrogen and oxygen atoms in total. The molecule has 3 atom stereocenters. The molecule has 0 amide bonds. The molecular formula is C38H58O9S2Si2. The summed E-state index contributed by atoms with van der Waals surface area (Å²) in [7, 11) is -13.4. The fourth-order valence-electron chi connectivity index (χ4n) is 5.23. The van der Waals surface area contributed by atoms with E-state index in [0.29, 0.717) is 0 Å². The van der Waals surface area contributed by atoms with Crippen LogP contribution in [0, 0.1) is 0 Å². The summed E-state index contributed by atoms with van der Waals surface area (Å²) in [5, 5.41) is -0.604. The van der Waals surface area contributed by atoms with Crippen molar-refractivity contribution in [3.63, 3.8) is 0 Å². The van der Waals surface area contributed by atoms with E-state index in [1.165, 1.54) is 0 Å². The van der Waals surface area contributed by atoms with Gasteiger partial charge in [-0.15, -0.1) is 0 Å². The normalized spacial score (nSPS) is 15.7. The Morgan fingerprint density at radius 2 is 0.922 bits per heavy atom. The molecule has 0 aliphatic rings. The minimum Gasteiger partial charge on any atom is -0.409 e. The first kappa shape index (κ1) is 43.2. The van der Waals surface area contributed by atoms with E-state index in [1.54, 1.807) is 0 Å². The summed E-state index contributed by atoms with van der Waals surface area (Å²) < 4.78 is 83.6. The number of ether oxygens (including phenoxy) is 1. The van der Waals surface area contributed by atoms with Crippen LogP contribution < -0.4 is 0 Å². The lowest BCUT2D eigenvalue weighted by atomic mass is 9.80. The molecule has 13 heteroatoms. The van der Waals surface area contributed by atoms with E-state index in [1.807, 2.05) is 117 Å². The molecule has 0 N–H and O–H groups in total. The van der Waals surface area contributed by atoms with E-state index in [9.17, 15) is 16.8 Å². The van der Waals surface area contributed by atoms with Crippen LogP contribution in [0.1, 0.15) is 58.2 Å². The highest BCUT2D eigenvalue weighted by Gasteiger charge is 2.49. The molecule has 0 saturated heterocycles. The van der Waals surface area contributed by atoms with Crippen molar-refractivity contribution < 1.29 is 38.8 Å². The number of benzene rings is 3. The fraction of sp³-hybridized carbons (Fsp3) is 0.526. The Morgan fingerprint density at radius 3 is 1.25 bits per heavy atom. The van der Waals surface area contributed by atoms with Gasteiger partial charge in [-0.3, -0.25) is 8.37 Å². The van der Waals surface area contributed by atoms with E-state index < -0.39 is 67.4 Å². The van der Waals surface area contributed by atoms with Gasteiger partial charge in [-0.05, 0) is 53.0 Å². The molecule has 3 aromatic carbocycles. The van der Waals surface area contributed by atoms with Gasteiger partial charge in [-0.25, -0.2) is 0 Å². The third kappa shape index (κ3) is 11.6. The van der Waals surface area contributed by atoms with Crippen molar-refractivity contribution >= 4 is 36.9 Å². The molecule has 0 spiro atoms. The van der Waals surface area contributed by atoms with Crippen molar-refractivity contribution in [2.75, 3.05) is 25.7 Å². The highest BCUT2D eigenvalue weighted by molar-refractivity contribution is 7.86. The van der Waals surface area contributed by atoms with Gasteiger partial charge in [0.25, 0.3) is 20.2 Å². The highest BCUT2D eigenvalue weighted by atomic mass is 32.2. The molecule has 0 heterocycles. The molecular weight excluding hydrogens is 721 g/mol. The van der Waals surface area contributed by atoms with Gasteiger partial charge in [-0.1, -0.05) is 133 Å². The number of hydrogen-bond acceptors (Lipinski definition) is 9. The third-order valence-electron chi connectivity index (χ3n) is 9.97. The summed E-state index contributed by atoms with van der Waals surface area (Å²) >= 11 is 0. The van der Waals surface area contributed by atoms with Gasteiger partial charge in [0.2, 0.25) is 0 Å². The predicted octanol–water partition coefficient (Wildman–Crippen LogP) is 8.10. The van der Waals surface area contributed by atoms with Gasteiger partial charge in [0.05, 0.1) is 31.8 Å². The van der Waals surface area contributed by atoms with E-state index in [2.05, 4.69) is 41.5 Å². The lowest BCUT2D eigenvalue weighted by Gasteiger charge is -2.47. The monoisotopic (exact) mass is 778 g/mol. The van der Waals surface area contributed by atoms with Crippen LogP contribution in [0.5, 0.6) is 0 Å². The SMILES string of the molecule is CC(C)(C)[Si](C)(C)O[C@@H]([C@H](COS(C)(=O)=O)O[Si](C)(C)C(C)(C)C)[C@@H](COC(c1ccccc1)(c1ccccc1)c1ccccc1)OS(C)(=O)=O. The average Bonchev–Trinajstić information content (AvgIpc) is 3.01. The summed E-state index contributed by atoms with van der Waals surface area (Å²) in [6.45, 7) is 19.9. The van der Waals surface area contributed by atoms with Crippen molar-refractivity contribution in [1.82, 2.24) is 0 Å². The summed E-state index contributed by atoms with van der Waals surface area (Å²) in [5.74, 6) is 0. The van der Waals surface area contributed by atoms with Crippen LogP contribution in [0.2, 0.25) is 36.3 Å². The Labute approximate surface area is 309 Å². The molecule has 284 valence electrons. The maximum Gasteiger partial charge on any atom is 0.264 e. The Hall–Kier alpha value is -2.21. The Balaban J connectivity index is 2.33. The van der Waals surface area contributed by atoms with Gasteiger partial charge in [-0.2, -0.15) is 16.8 Å².